The van der Waals surface area contributed by atoms with Gasteiger partial charge in [0.15, 0.2) is 11.0 Å². The van der Waals surface area contributed by atoms with Crippen molar-refractivity contribution < 1.29 is 13.6 Å². The summed E-state index contributed by atoms with van der Waals surface area (Å²) in [6.45, 7) is 0.393. The maximum Gasteiger partial charge on any atom is 0.234 e. The molecule has 0 radical (unpaired) electrons. The van der Waals surface area contributed by atoms with Gasteiger partial charge in [-0.05, 0) is 35.9 Å². The molecule has 5 nitrogen and oxygen atoms in total. The van der Waals surface area contributed by atoms with E-state index in [0.717, 1.165) is 17.3 Å². The number of aromatic nitrogens is 3. The molecular formula is C23H17ClF2N4OS. The van der Waals surface area contributed by atoms with E-state index in [-0.39, 0.29) is 11.4 Å². The molecule has 1 amide bonds. The number of carbonyl (C=O) groups excluding carboxylic acids is 1. The van der Waals surface area contributed by atoms with Crippen LogP contribution in [-0.4, -0.2) is 26.4 Å². The van der Waals surface area contributed by atoms with Crippen molar-refractivity contribution in [3.63, 3.8) is 0 Å². The zero-order chi connectivity index (χ0) is 22.5. The average molecular weight is 471 g/mol. The predicted molar refractivity (Wildman–Crippen MR) is 122 cm³/mol. The number of hydrogen-bond acceptors (Lipinski definition) is 4. The van der Waals surface area contributed by atoms with Crippen molar-refractivity contribution in [1.82, 2.24) is 14.8 Å². The van der Waals surface area contributed by atoms with Crippen LogP contribution in [0.15, 0.2) is 78.0 Å². The number of amides is 1. The maximum atomic E-state index is 14.4. The van der Waals surface area contributed by atoms with Crippen LogP contribution in [0.2, 0.25) is 5.02 Å². The van der Waals surface area contributed by atoms with Crippen molar-refractivity contribution in [2.75, 3.05) is 11.1 Å². The number of carbonyl (C=O) groups is 1. The Morgan fingerprint density at radius 1 is 0.969 bits per heavy atom. The van der Waals surface area contributed by atoms with Gasteiger partial charge in [0.05, 0.1) is 23.5 Å². The summed E-state index contributed by atoms with van der Waals surface area (Å²) < 4.78 is 30.1. The van der Waals surface area contributed by atoms with Crippen LogP contribution in [0.4, 0.5) is 14.5 Å². The Bertz CT molecular complexity index is 1250. The Balaban J connectivity index is 1.57. The molecule has 1 heterocycles. The van der Waals surface area contributed by atoms with E-state index in [9.17, 15) is 13.6 Å². The molecule has 4 aromatic rings. The van der Waals surface area contributed by atoms with Gasteiger partial charge in [0.2, 0.25) is 5.91 Å². The number of thioether (sulfide) groups is 1. The molecular weight excluding hydrogens is 454 g/mol. The zero-order valence-electron chi connectivity index (χ0n) is 16.6. The smallest absolute Gasteiger partial charge is 0.234 e. The summed E-state index contributed by atoms with van der Waals surface area (Å²) in [5.41, 5.74) is 1.28. The fourth-order valence-corrected chi connectivity index (χ4v) is 3.97. The standard InChI is InChI=1S/C23H17ClF2N4OS/c24-16-10-11-19(26)20(12-16)27-21(31)14-32-23-29-28-22(17-8-4-5-9-18(17)25)30(23)13-15-6-2-1-3-7-15/h1-12H,13-14H2,(H,27,31). The second kappa shape index (κ2) is 9.93. The number of nitrogens with one attached hydrogen (secondary N) is 1. The molecule has 1 aromatic heterocycles. The molecule has 0 saturated carbocycles. The minimum atomic E-state index is -0.582. The van der Waals surface area contributed by atoms with E-state index in [1.165, 1.54) is 24.3 Å². The second-order valence-electron chi connectivity index (χ2n) is 6.82. The van der Waals surface area contributed by atoms with Crippen LogP contribution >= 0.6 is 23.4 Å². The van der Waals surface area contributed by atoms with Crippen LogP contribution in [0.25, 0.3) is 11.4 Å². The lowest BCUT2D eigenvalue weighted by Gasteiger charge is -2.11. The van der Waals surface area contributed by atoms with Crippen molar-refractivity contribution in [3.05, 3.63) is 95.0 Å². The summed E-state index contributed by atoms with van der Waals surface area (Å²) in [6, 6.07) is 19.8. The largest absolute Gasteiger partial charge is 0.323 e. The normalized spacial score (nSPS) is 10.8. The molecule has 162 valence electrons. The first-order valence-electron chi connectivity index (χ1n) is 9.61. The van der Waals surface area contributed by atoms with Gasteiger partial charge in [0.25, 0.3) is 0 Å². The summed E-state index contributed by atoms with van der Waals surface area (Å²) in [5, 5.41) is 11.6. The van der Waals surface area contributed by atoms with Crippen LogP contribution < -0.4 is 5.32 Å². The summed E-state index contributed by atoms with van der Waals surface area (Å²) >= 11 is 6.99. The number of hydrogen-bond donors (Lipinski definition) is 1. The van der Waals surface area contributed by atoms with Crippen LogP contribution in [0.1, 0.15) is 5.56 Å². The van der Waals surface area contributed by atoms with E-state index in [1.54, 1.807) is 22.8 Å². The van der Waals surface area contributed by atoms with Gasteiger partial charge in [-0.2, -0.15) is 0 Å². The maximum absolute atomic E-state index is 14.4. The zero-order valence-corrected chi connectivity index (χ0v) is 18.2. The average Bonchev–Trinajstić information content (AvgIpc) is 3.18. The van der Waals surface area contributed by atoms with Crippen LogP contribution in [0, 0.1) is 11.6 Å². The summed E-state index contributed by atoms with van der Waals surface area (Å²) in [7, 11) is 0. The van der Waals surface area contributed by atoms with Crippen molar-refractivity contribution in [2.45, 2.75) is 11.7 Å². The third-order valence-corrected chi connectivity index (χ3v) is 5.75. The lowest BCUT2D eigenvalue weighted by Crippen LogP contribution is -2.15. The van der Waals surface area contributed by atoms with E-state index in [0.29, 0.717) is 28.1 Å². The third-order valence-electron chi connectivity index (χ3n) is 4.55. The Morgan fingerprint density at radius 2 is 1.72 bits per heavy atom. The van der Waals surface area contributed by atoms with Crippen LogP contribution in [0.3, 0.4) is 0 Å². The first-order chi connectivity index (χ1) is 15.5. The van der Waals surface area contributed by atoms with Gasteiger partial charge in [0, 0.05) is 5.02 Å². The third kappa shape index (κ3) is 5.15. The molecule has 0 fully saturated rings. The van der Waals surface area contributed by atoms with Crippen LogP contribution in [-0.2, 0) is 11.3 Å². The minimum absolute atomic E-state index is 0.000832. The van der Waals surface area contributed by atoms with Gasteiger partial charge >= 0.3 is 0 Å². The molecule has 0 atom stereocenters. The van der Waals surface area contributed by atoms with Gasteiger partial charge in [-0.15, -0.1) is 10.2 Å². The molecule has 0 aliphatic rings. The van der Waals surface area contributed by atoms with Gasteiger partial charge in [-0.1, -0.05) is 65.8 Å². The highest BCUT2D eigenvalue weighted by atomic mass is 35.5. The number of halogens is 3. The monoisotopic (exact) mass is 470 g/mol. The predicted octanol–water partition coefficient (Wildman–Crippen LogP) is 5.66. The Labute approximate surface area is 192 Å². The number of anilines is 1. The number of nitrogens with zero attached hydrogens (tertiary/aromatic N) is 3. The molecule has 0 aliphatic carbocycles. The summed E-state index contributed by atoms with van der Waals surface area (Å²) in [4.78, 5) is 12.4. The number of rotatable bonds is 7. The van der Waals surface area contributed by atoms with E-state index in [1.807, 2.05) is 30.3 Å². The fourth-order valence-electron chi connectivity index (χ4n) is 3.06. The van der Waals surface area contributed by atoms with Gasteiger partial charge in [0.1, 0.15) is 11.6 Å². The van der Waals surface area contributed by atoms with Crippen molar-refractivity contribution in [3.8, 4) is 11.4 Å². The number of benzene rings is 3. The fraction of sp³-hybridized carbons (Fsp3) is 0.0870. The van der Waals surface area contributed by atoms with Crippen molar-refractivity contribution in [2.24, 2.45) is 0 Å². The first-order valence-corrected chi connectivity index (χ1v) is 11.0. The SMILES string of the molecule is O=C(CSc1nnc(-c2ccccc2F)n1Cc1ccccc1)Nc1cc(Cl)ccc1F. The lowest BCUT2D eigenvalue weighted by atomic mass is 10.2. The molecule has 0 aliphatic heterocycles. The Hall–Kier alpha value is -3.23. The Kier molecular flexibility index (Phi) is 6.82. The molecule has 4 rings (SSSR count). The van der Waals surface area contributed by atoms with Gasteiger partial charge < -0.3 is 5.32 Å². The van der Waals surface area contributed by atoms with Gasteiger partial charge in [-0.25, -0.2) is 8.78 Å². The second-order valence-corrected chi connectivity index (χ2v) is 8.20. The molecule has 0 saturated heterocycles. The van der Waals surface area contributed by atoms with E-state index in [4.69, 9.17) is 11.6 Å². The molecule has 0 unspecified atom stereocenters. The highest BCUT2D eigenvalue weighted by Gasteiger charge is 2.19. The van der Waals surface area contributed by atoms with Gasteiger partial charge in [-0.3, -0.25) is 9.36 Å². The lowest BCUT2D eigenvalue weighted by molar-refractivity contribution is -0.113. The van der Waals surface area contributed by atoms with Crippen molar-refractivity contribution >= 4 is 35.0 Å². The Morgan fingerprint density at radius 3 is 2.50 bits per heavy atom. The van der Waals surface area contributed by atoms with E-state index < -0.39 is 17.5 Å². The quantitative estimate of drug-likeness (QED) is 0.354. The molecule has 32 heavy (non-hydrogen) atoms. The van der Waals surface area contributed by atoms with E-state index in [2.05, 4.69) is 15.5 Å². The topological polar surface area (TPSA) is 59.8 Å². The highest BCUT2D eigenvalue weighted by molar-refractivity contribution is 7.99. The molecule has 0 spiro atoms. The molecule has 0 bridgehead atoms. The van der Waals surface area contributed by atoms with E-state index >= 15 is 0 Å². The minimum Gasteiger partial charge on any atom is -0.323 e. The van der Waals surface area contributed by atoms with Crippen LogP contribution in [0.5, 0.6) is 0 Å². The molecule has 9 heteroatoms. The van der Waals surface area contributed by atoms with Crippen molar-refractivity contribution in [1.29, 1.82) is 0 Å². The first kappa shape index (κ1) is 22.0. The summed E-state index contributed by atoms with van der Waals surface area (Å²) in [6.07, 6.45) is 0. The molecule has 3 aromatic carbocycles. The summed E-state index contributed by atoms with van der Waals surface area (Å²) in [5.74, 6) is -1.12. The molecule has 1 N–H and O–H groups in total. The highest BCUT2D eigenvalue weighted by Crippen LogP contribution is 2.27.